The molecule has 3 N–H and O–H groups in total. The van der Waals surface area contributed by atoms with Crippen LogP contribution in [0.2, 0.25) is 5.02 Å². The Kier molecular flexibility index (Phi) is 5.88. The number of nitrogens with one attached hydrogen (secondary N) is 3. The molecule has 3 aromatic carbocycles. The summed E-state index contributed by atoms with van der Waals surface area (Å²) in [4.78, 5) is 33.5. The molecule has 8 heteroatoms. The standard InChI is InChI=1S/C26H19ClN4O2S/c1-15-4-10-19(20(27)13-15)25(32)28-17-7-5-16(6-8-17)24-30-21-11-9-18(14-22(21)31-24)29-26(33)23-3-2-12-34-23/h2-14H,1H3,(H,28,32)(H,29,33)(H,30,31). The number of aromatic amines is 1. The van der Waals surface area contributed by atoms with E-state index in [1.165, 1.54) is 11.3 Å². The van der Waals surface area contributed by atoms with Crippen molar-refractivity contribution in [2.75, 3.05) is 10.6 Å². The van der Waals surface area contributed by atoms with Gasteiger partial charge in [-0.25, -0.2) is 4.98 Å². The van der Waals surface area contributed by atoms with Gasteiger partial charge in [0.2, 0.25) is 0 Å². The van der Waals surface area contributed by atoms with Crippen LogP contribution in [-0.2, 0) is 0 Å². The maximum Gasteiger partial charge on any atom is 0.265 e. The van der Waals surface area contributed by atoms with Gasteiger partial charge in [0.25, 0.3) is 11.8 Å². The van der Waals surface area contributed by atoms with E-state index in [1.807, 2.05) is 66.9 Å². The molecule has 168 valence electrons. The number of imidazole rings is 1. The number of fused-ring (bicyclic) bond motifs is 1. The molecule has 0 saturated carbocycles. The van der Waals surface area contributed by atoms with E-state index in [2.05, 4.69) is 20.6 Å². The predicted molar refractivity (Wildman–Crippen MR) is 138 cm³/mol. The highest BCUT2D eigenvalue weighted by Gasteiger charge is 2.12. The Balaban J connectivity index is 1.31. The zero-order valence-electron chi connectivity index (χ0n) is 18.1. The van der Waals surface area contributed by atoms with Crippen LogP contribution in [0.15, 0.2) is 78.2 Å². The molecular weight excluding hydrogens is 468 g/mol. The summed E-state index contributed by atoms with van der Waals surface area (Å²) in [5, 5.41) is 8.06. The summed E-state index contributed by atoms with van der Waals surface area (Å²) in [6, 6.07) is 21.9. The first-order valence-corrected chi connectivity index (χ1v) is 11.7. The number of carbonyl (C=O) groups is 2. The number of nitrogens with zero attached hydrogens (tertiary/aromatic N) is 1. The Bertz CT molecular complexity index is 1510. The number of aryl methyl sites for hydroxylation is 1. The molecule has 0 aliphatic heterocycles. The third kappa shape index (κ3) is 4.57. The molecule has 0 fully saturated rings. The molecule has 2 aromatic heterocycles. The third-order valence-electron chi connectivity index (χ3n) is 5.27. The van der Waals surface area contributed by atoms with Gasteiger partial charge in [0.1, 0.15) is 5.82 Å². The fourth-order valence-corrected chi connectivity index (χ4v) is 4.48. The van der Waals surface area contributed by atoms with E-state index < -0.39 is 0 Å². The molecule has 2 heterocycles. The number of hydrogen-bond donors (Lipinski definition) is 3. The summed E-state index contributed by atoms with van der Waals surface area (Å²) in [5.41, 5.74) is 5.23. The molecule has 5 rings (SSSR count). The Morgan fingerprint density at radius 3 is 2.41 bits per heavy atom. The minimum absolute atomic E-state index is 0.140. The normalized spacial score (nSPS) is 10.9. The molecule has 2 amide bonds. The van der Waals surface area contributed by atoms with Crippen molar-refractivity contribution >= 4 is 57.2 Å². The van der Waals surface area contributed by atoms with Crippen LogP contribution in [0.4, 0.5) is 11.4 Å². The van der Waals surface area contributed by atoms with E-state index in [-0.39, 0.29) is 11.8 Å². The van der Waals surface area contributed by atoms with Crippen LogP contribution in [0.3, 0.4) is 0 Å². The summed E-state index contributed by atoms with van der Waals surface area (Å²) >= 11 is 7.60. The predicted octanol–water partition coefficient (Wildman–Crippen LogP) is 6.76. The maximum absolute atomic E-state index is 12.6. The second-order valence-corrected chi connectivity index (χ2v) is 9.12. The number of H-pyrrole nitrogens is 1. The first-order chi connectivity index (χ1) is 16.5. The molecule has 6 nitrogen and oxygen atoms in total. The maximum atomic E-state index is 12.6. The Hall–Kier alpha value is -3.94. The summed E-state index contributed by atoms with van der Waals surface area (Å²) in [6.45, 7) is 1.92. The van der Waals surface area contributed by atoms with Crippen molar-refractivity contribution in [3.8, 4) is 11.4 Å². The van der Waals surface area contributed by atoms with E-state index in [4.69, 9.17) is 11.6 Å². The molecular formula is C26H19ClN4O2S. The van der Waals surface area contributed by atoms with E-state index in [1.54, 1.807) is 18.2 Å². The lowest BCUT2D eigenvalue weighted by Crippen LogP contribution is -2.12. The van der Waals surface area contributed by atoms with Crippen molar-refractivity contribution in [2.24, 2.45) is 0 Å². The summed E-state index contributed by atoms with van der Waals surface area (Å²) in [5.74, 6) is 0.286. The molecule has 0 radical (unpaired) electrons. The lowest BCUT2D eigenvalue weighted by atomic mass is 10.1. The van der Waals surface area contributed by atoms with Gasteiger partial charge in [-0.2, -0.15) is 0 Å². The van der Waals surface area contributed by atoms with Crippen molar-refractivity contribution in [1.82, 2.24) is 9.97 Å². The Morgan fingerprint density at radius 1 is 0.912 bits per heavy atom. The van der Waals surface area contributed by atoms with Gasteiger partial charge in [-0.1, -0.05) is 23.7 Å². The monoisotopic (exact) mass is 486 g/mol. The summed E-state index contributed by atoms with van der Waals surface area (Å²) in [6.07, 6.45) is 0. The highest BCUT2D eigenvalue weighted by molar-refractivity contribution is 7.12. The fraction of sp³-hybridized carbons (Fsp3) is 0.0385. The highest BCUT2D eigenvalue weighted by atomic mass is 35.5. The number of benzene rings is 3. The average Bonchev–Trinajstić information content (AvgIpc) is 3.49. The van der Waals surface area contributed by atoms with Crippen molar-refractivity contribution in [3.63, 3.8) is 0 Å². The smallest absolute Gasteiger partial charge is 0.265 e. The van der Waals surface area contributed by atoms with Crippen molar-refractivity contribution in [3.05, 3.63) is 99.2 Å². The van der Waals surface area contributed by atoms with Crippen molar-refractivity contribution in [2.45, 2.75) is 6.92 Å². The third-order valence-corrected chi connectivity index (χ3v) is 6.45. The molecule has 34 heavy (non-hydrogen) atoms. The number of aromatic nitrogens is 2. The fourth-order valence-electron chi connectivity index (χ4n) is 3.54. The Morgan fingerprint density at radius 2 is 1.68 bits per heavy atom. The largest absolute Gasteiger partial charge is 0.338 e. The minimum atomic E-state index is -0.265. The zero-order valence-corrected chi connectivity index (χ0v) is 19.6. The van der Waals surface area contributed by atoms with Gasteiger partial charge in [-0.05, 0) is 78.5 Å². The zero-order chi connectivity index (χ0) is 23.7. The van der Waals surface area contributed by atoms with E-state index in [0.29, 0.717) is 32.7 Å². The molecule has 0 aliphatic carbocycles. The van der Waals surface area contributed by atoms with Gasteiger partial charge in [0.05, 0.1) is 26.5 Å². The minimum Gasteiger partial charge on any atom is -0.338 e. The van der Waals surface area contributed by atoms with Crippen LogP contribution >= 0.6 is 22.9 Å². The summed E-state index contributed by atoms with van der Waals surface area (Å²) in [7, 11) is 0. The SMILES string of the molecule is Cc1ccc(C(=O)Nc2ccc(-c3nc4ccc(NC(=O)c5cccs5)cc4[nH]3)cc2)c(Cl)c1. The number of hydrogen-bond acceptors (Lipinski definition) is 4. The number of carbonyl (C=O) groups excluding carboxylic acids is 2. The van der Waals surface area contributed by atoms with Crippen LogP contribution in [0.5, 0.6) is 0 Å². The molecule has 0 unspecified atom stereocenters. The van der Waals surface area contributed by atoms with Gasteiger partial charge >= 0.3 is 0 Å². The molecule has 5 aromatic rings. The number of halogens is 1. The number of anilines is 2. The van der Waals surface area contributed by atoms with E-state index in [9.17, 15) is 9.59 Å². The number of rotatable bonds is 5. The average molecular weight is 487 g/mol. The quantitative estimate of drug-likeness (QED) is 0.256. The van der Waals surface area contributed by atoms with Gasteiger partial charge in [0, 0.05) is 16.9 Å². The summed E-state index contributed by atoms with van der Waals surface area (Å²) < 4.78 is 0. The number of amides is 2. The van der Waals surface area contributed by atoms with Crippen LogP contribution in [0.25, 0.3) is 22.4 Å². The Labute approximate surface area is 204 Å². The molecule has 0 spiro atoms. The van der Waals surface area contributed by atoms with Crippen LogP contribution in [-0.4, -0.2) is 21.8 Å². The van der Waals surface area contributed by atoms with Gasteiger partial charge < -0.3 is 15.6 Å². The van der Waals surface area contributed by atoms with Crippen LogP contribution in [0, 0.1) is 6.92 Å². The lowest BCUT2D eigenvalue weighted by Gasteiger charge is -2.08. The first kappa shape index (κ1) is 21.9. The second-order valence-electron chi connectivity index (χ2n) is 7.76. The highest BCUT2D eigenvalue weighted by Crippen LogP contribution is 2.25. The van der Waals surface area contributed by atoms with Crippen molar-refractivity contribution in [1.29, 1.82) is 0 Å². The molecule has 0 aliphatic rings. The molecule has 0 bridgehead atoms. The topological polar surface area (TPSA) is 86.9 Å². The van der Waals surface area contributed by atoms with Crippen molar-refractivity contribution < 1.29 is 9.59 Å². The van der Waals surface area contributed by atoms with Gasteiger partial charge in [0.15, 0.2) is 0 Å². The number of thiophene rings is 1. The first-order valence-electron chi connectivity index (χ1n) is 10.5. The van der Waals surface area contributed by atoms with Gasteiger partial charge in [-0.3, -0.25) is 9.59 Å². The molecule has 0 atom stereocenters. The van der Waals surface area contributed by atoms with Crippen LogP contribution in [0.1, 0.15) is 25.6 Å². The van der Waals surface area contributed by atoms with E-state index in [0.717, 1.165) is 22.2 Å². The molecule has 0 saturated heterocycles. The van der Waals surface area contributed by atoms with Crippen LogP contribution < -0.4 is 10.6 Å². The van der Waals surface area contributed by atoms with Gasteiger partial charge in [-0.15, -0.1) is 11.3 Å². The lowest BCUT2D eigenvalue weighted by molar-refractivity contribution is 0.102. The second kappa shape index (κ2) is 9.13. The van der Waals surface area contributed by atoms with E-state index >= 15 is 0 Å².